The van der Waals surface area contributed by atoms with E-state index in [1.165, 1.54) is 0 Å². The first-order valence-corrected chi connectivity index (χ1v) is 7.42. The van der Waals surface area contributed by atoms with Gasteiger partial charge in [-0.05, 0) is 42.4 Å². The van der Waals surface area contributed by atoms with E-state index in [2.05, 4.69) is 28.5 Å². The highest BCUT2D eigenvalue weighted by molar-refractivity contribution is 6.42. The van der Waals surface area contributed by atoms with Crippen molar-refractivity contribution in [2.45, 2.75) is 6.04 Å². The van der Waals surface area contributed by atoms with E-state index < -0.39 is 0 Å². The van der Waals surface area contributed by atoms with Crippen LogP contribution < -0.4 is 5.32 Å². The van der Waals surface area contributed by atoms with Crippen LogP contribution in [0.5, 0.6) is 0 Å². The van der Waals surface area contributed by atoms with Crippen LogP contribution in [-0.4, -0.2) is 12.0 Å². The van der Waals surface area contributed by atoms with Gasteiger partial charge in [0.25, 0.3) is 0 Å². The molecule has 4 heteroatoms. The second-order valence-electron chi connectivity index (χ2n) is 4.82. The zero-order valence-corrected chi connectivity index (χ0v) is 13.0. The molecule has 0 fully saturated rings. The molecular formula is C17H14Cl2N2. The predicted molar refractivity (Wildman–Crippen MR) is 89.1 cm³/mol. The highest BCUT2D eigenvalue weighted by Gasteiger charge is 2.17. The molecule has 2 aromatic carbocycles. The van der Waals surface area contributed by atoms with Crippen LogP contribution in [-0.2, 0) is 0 Å². The van der Waals surface area contributed by atoms with Crippen LogP contribution in [0.1, 0.15) is 17.2 Å². The average molecular weight is 317 g/mol. The Kier molecular flexibility index (Phi) is 4.11. The van der Waals surface area contributed by atoms with Crippen molar-refractivity contribution in [2.24, 2.45) is 0 Å². The molecule has 1 atom stereocenters. The molecule has 1 unspecified atom stereocenters. The van der Waals surface area contributed by atoms with Crippen LogP contribution in [0.15, 0.2) is 54.7 Å². The van der Waals surface area contributed by atoms with Gasteiger partial charge < -0.3 is 5.32 Å². The first-order chi connectivity index (χ1) is 10.2. The minimum atomic E-state index is -0.0131. The molecule has 106 valence electrons. The summed E-state index contributed by atoms with van der Waals surface area (Å²) in [6.07, 6.45) is 1.80. The lowest BCUT2D eigenvalue weighted by atomic mass is 9.97. The zero-order valence-electron chi connectivity index (χ0n) is 11.5. The van der Waals surface area contributed by atoms with Crippen LogP contribution in [0.4, 0.5) is 0 Å². The van der Waals surface area contributed by atoms with Gasteiger partial charge in [0.05, 0.1) is 21.6 Å². The number of rotatable bonds is 3. The van der Waals surface area contributed by atoms with Gasteiger partial charge in [0.2, 0.25) is 0 Å². The molecule has 2 nitrogen and oxygen atoms in total. The van der Waals surface area contributed by atoms with E-state index in [1.807, 2.05) is 31.3 Å². The maximum absolute atomic E-state index is 6.35. The fraction of sp³-hybridized carbons (Fsp3) is 0.118. The highest BCUT2D eigenvalue weighted by Crippen LogP contribution is 2.33. The van der Waals surface area contributed by atoms with Gasteiger partial charge in [-0.2, -0.15) is 0 Å². The molecule has 0 saturated carbocycles. The molecule has 3 aromatic rings. The number of pyridine rings is 1. The SMILES string of the molecule is CNC(c1ccc2ncccc2c1)c1cccc(Cl)c1Cl. The van der Waals surface area contributed by atoms with Gasteiger partial charge in [0, 0.05) is 11.6 Å². The van der Waals surface area contributed by atoms with Crippen molar-refractivity contribution in [2.75, 3.05) is 7.05 Å². The van der Waals surface area contributed by atoms with Crippen LogP contribution in [0.25, 0.3) is 10.9 Å². The summed E-state index contributed by atoms with van der Waals surface area (Å²) in [5, 5.41) is 5.56. The van der Waals surface area contributed by atoms with Crippen molar-refractivity contribution in [1.82, 2.24) is 10.3 Å². The van der Waals surface area contributed by atoms with Crippen molar-refractivity contribution in [3.63, 3.8) is 0 Å². The molecular weight excluding hydrogens is 303 g/mol. The number of aromatic nitrogens is 1. The second-order valence-corrected chi connectivity index (χ2v) is 5.61. The van der Waals surface area contributed by atoms with E-state index in [0.29, 0.717) is 10.0 Å². The second kappa shape index (κ2) is 6.02. The fourth-order valence-corrected chi connectivity index (χ4v) is 2.94. The number of halogens is 2. The summed E-state index contributed by atoms with van der Waals surface area (Å²) >= 11 is 12.5. The Morgan fingerprint density at radius 1 is 1.05 bits per heavy atom. The summed E-state index contributed by atoms with van der Waals surface area (Å²) in [5.74, 6) is 0. The Balaban J connectivity index is 2.11. The van der Waals surface area contributed by atoms with Gasteiger partial charge in [-0.25, -0.2) is 0 Å². The highest BCUT2D eigenvalue weighted by atomic mass is 35.5. The normalized spacial score (nSPS) is 12.5. The summed E-state index contributed by atoms with van der Waals surface area (Å²) in [6.45, 7) is 0. The maximum Gasteiger partial charge on any atom is 0.0702 e. The molecule has 0 aliphatic rings. The van der Waals surface area contributed by atoms with Gasteiger partial charge in [0.15, 0.2) is 0 Å². The van der Waals surface area contributed by atoms with Gasteiger partial charge in [-0.3, -0.25) is 4.98 Å². The number of fused-ring (bicyclic) bond motifs is 1. The molecule has 1 N–H and O–H groups in total. The summed E-state index contributed by atoms with van der Waals surface area (Å²) in [5.41, 5.74) is 3.07. The topological polar surface area (TPSA) is 24.9 Å². The molecule has 0 spiro atoms. The molecule has 0 radical (unpaired) electrons. The summed E-state index contributed by atoms with van der Waals surface area (Å²) in [4.78, 5) is 4.34. The number of hydrogen-bond acceptors (Lipinski definition) is 2. The first-order valence-electron chi connectivity index (χ1n) is 6.66. The quantitative estimate of drug-likeness (QED) is 0.747. The first kappa shape index (κ1) is 14.3. The van der Waals surface area contributed by atoms with E-state index in [0.717, 1.165) is 22.0 Å². The van der Waals surface area contributed by atoms with Crippen molar-refractivity contribution in [1.29, 1.82) is 0 Å². The van der Waals surface area contributed by atoms with Crippen LogP contribution in [0.3, 0.4) is 0 Å². The van der Waals surface area contributed by atoms with Crippen LogP contribution >= 0.6 is 23.2 Å². The Labute approximate surface area is 133 Å². The Hall–Kier alpha value is -1.61. The van der Waals surface area contributed by atoms with Crippen molar-refractivity contribution >= 4 is 34.1 Å². The third kappa shape index (κ3) is 2.75. The molecule has 0 amide bonds. The Morgan fingerprint density at radius 3 is 2.71 bits per heavy atom. The van der Waals surface area contributed by atoms with Crippen LogP contribution in [0, 0.1) is 0 Å². The third-order valence-corrected chi connectivity index (χ3v) is 4.38. The predicted octanol–water partition coefficient (Wildman–Crippen LogP) is 4.85. The molecule has 21 heavy (non-hydrogen) atoms. The van der Waals surface area contributed by atoms with Crippen LogP contribution in [0.2, 0.25) is 10.0 Å². The smallest absolute Gasteiger partial charge is 0.0702 e. The van der Waals surface area contributed by atoms with Crippen molar-refractivity contribution < 1.29 is 0 Å². The van der Waals surface area contributed by atoms with E-state index in [4.69, 9.17) is 23.2 Å². The maximum atomic E-state index is 6.35. The lowest BCUT2D eigenvalue weighted by molar-refractivity contribution is 0.693. The van der Waals surface area contributed by atoms with Gasteiger partial charge in [-0.15, -0.1) is 0 Å². The average Bonchev–Trinajstić information content (AvgIpc) is 2.52. The molecule has 0 aliphatic heterocycles. The monoisotopic (exact) mass is 316 g/mol. The molecule has 0 bridgehead atoms. The molecule has 0 saturated heterocycles. The van der Waals surface area contributed by atoms with E-state index in [-0.39, 0.29) is 6.04 Å². The van der Waals surface area contributed by atoms with Gasteiger partial charge in [0.1, 0.15) is 0 Å². The summed E-state index contributed by atoms with van der Waals surface area (Å²) < 4.78 is 0. The summed E-state index contributed by atoms with van der Waals surface area (Å²) in [7, 11) is 1.91. The van der Waals surface area contributed by atoms with Gasteiger partial charge >= 0.3 is 0 Å². The zero-order chi connectivity index (χ0) is 14.8. The Bertz CT molecular complexity index is 787. The fourth-order valence-electron chi connectivity index (χ4n) is 2.52. The number of hydrogen-bond donors (Lipinski definition) is 1. The standard InChI is InChI=1S/C17H14Cl2N2/c1-20-17(13-5-2-6-14(18)16(13)19)12-7-8-15-11(10-12)4-3-9-21-15/h2-10,17,20H,1H3. The largest absolute Gasteiger partial charge is 0.309 e. The molecule has 1 heterocycles. The number of nitrogens with one attached hydrogen (secondary N) is 1. The lowest BCUT2D eigenvalue weighted by Crippen LogP contribution is -2.18. The molecule has 3 rings (SSSR count). The molecule has 1 aromatic heterocycles. The van der Waals surface area contributed by atoms with Gasteiger partial charge in [-0.1, -0.05) is 47.5 Å². The minimum Gasteiger partial charge on any atom is -0.309 e. The number of nitrogens with zero attached hydrogens (tertiary/aromatic N) is 1. The van der Waals surface area contributed by atoms with Crippen molar-refractivity contribution in [3.8, 4) is 0 Å². The van der Waals surface area contributed by atoms with E-state index >= 15 is 0 Å². The van der Waals surface area contributed by atoms with Crippen molar-refractivity contribution in [3.05, 3.63) is 75.9 Å². The lowest BCUT2D eigenvalue weighted by Gasteiger charge is -2.19. The third-order valence-electron chi connectivity index (χ3n) is 3.54. The van der Waals surface area contributed by atoms with E-state index in [9.17, 15) is 0 Å². The van der Waals surface area contributed by atoms with E-state index in [1.54, 1.807) is 12.3 Å². The molecule has 0 aliphatic carbocycles. The number of benzene rings is 2. The Morgan fingerprint density at radius 2 is 1.90 bits per heavy atom. The minimum absolute atomic E-state index is 0.0131. The summed E-state index contributed by atoms with van der Waals surface area (Å²) in [6, 6.07) is 15.9.